The zero-order valence-electron chi connectivity index (χ0n) is 16.5. The molecule has 4 aliphatic rings. The maximum Gasteiger partial charge on any atom is 0.534 e. The maximum atomic E-state index is 12.8. The van der Waals surface area contributed by atoms with Gasteiger partial charge in [-0.1, -0.05) is 37.1 Å². The molecular formula is C21H27F3O3S. The van der Waals surface area contributed by atoms with Crippen LogP contribution in [-0.2, 0) is 14.3 Å². The molecule has 0 aromatic rings. The first-order chi connectivity index (χ1) is 12.9. The van der Waals surface area contributed by atoms with E-state index in [1.54, 1.807) is 5.57 Å². The van der Waals surface area contributed by atoms with Gasteiger partial charge in [-0.15, -0.1) is 0 Å². The van der Waals surface area contributed by atoms with E-state index in [-0.39, 0.29) is 17.1 Å². The van der Waals surface area contributed by atoms with Gasteiger partial charge in [-0.2, -0.15) is 21.6 Å². The summed E-state index contributed by atoms with van der Waals surface area (Å²) in [6.07, 6.45) is 11.4. The summed E-state index contributed by atoms with van der Waals surface area (Å²) < 4.78 is 66.1. The van der Waals surface area contributed by atoms with Gasteiger partial charge in [0.2, 0.25) is 0 Å². The number of hydrogen-bond acceptors (Lipinski definition) is 3. The van der Waals surface area contributed by atoms with E-state index in [9.17, 15) is 21.6 Å². The van der Waals surface area contributed by atoms with Gasteiger partial charge in [0, 0.05) is 5.41 Å². The fourth-order valence-corrected chi connectivity index (χ4v) is 6.67. The highest BCUT2D eigenvalue weighted by atomic mass is 32.2. The van der Waals surface area contributed by atoms with E-state index in [1.807, 2.05) is 13.0 Å². The van der Waals surface area contributed by atoms with Crippen molar-refractivity contribution in [2.45, 2.75) is 64.8 Å². The molecule has 0 aromatic carbocycles. The van der Waals surface area contributed by atoms with Gasteiger partial charge >= 0.3 is 15.6 Å². The molecule has 1 unspecified atom stereocenters. The molecule has 5 atom stereocenters. The van der Waals surface area contributed by atoms with Crippen LogP contribution in [0.3, 0.4) is 0 Å². The lowest BCUT2D eigenvalue weighted by Gasteiger charge is -2.55. The molecule has 0 aromatic heterocycles. The van der Waals surface area contributed by atoms with Crippen molar-refractivity contribution in [2.24, 2.45) is 28.6 Å². The van der Waals surface area contributed by atoms with Gasteiger partial charge in [0.05, 0.1) is 0 Å². The van der Waals surface area contributed by atoms with E-state index >= 15 is 0 Å². The molecule has 4 rings (SSSR count). The van der Waals surface area contributed by atoms with Crippen LogP contribution in [-0.4, -0.2) is 13.9 Å². The molecule has 0 heterocycles. The SMILES string of the molecule is C[C@H]1CC[C@@]2(C)C(=CC[C@H]3C4=CC=C(OS(=O)(=O)C(F)(F)F)[C@@]4(C)CCC32)C1. The van der Waals surface area contributed by atoms with Gasteiger partial charge in [0.25, 0.3) is 0 Å². The molecule has 28 heavy (non-hydrogen) atoms. The fourth-order valence-electron chi connectivity index (χ4n) is 6.10. The van der Waals surface area contributed by atoms with Gasteiger partial charge in [0.15, 0.2) is 0 Å². The third-order valence-corrected chi connectivity index (χ3v) is 8.78. The third kappa shape index (κ3) is 2.79. The van der Waals surface area contributed by atoms with Crippen molar-refractivity contribution >= 4 is 10.1 Å². The van der Waals surface area contributed by atoms with Crippen molar-refractivity contribution in [1.29, 1.82) is 0 Å². The minimum absolute atomic E-state index is 0.0875. The Labute approximate surface area is 164 Å². The standard InChI is InChI=1S/C21H27F3O3S/c1-13-8-10-19(2)14(12-13)4-5-15-16-6-7-18(20(16,3)11-9-17(15)19)27-28(25,26)21(22,23)24/h4,6-7,13,15,17H,5,8-12H2,1-3H3/t13-,15-,17?,19-,20-/m0/s1. The number of alkyl halides is 3. The number of allylic oxidation sites excluding steroid dienone is 5. The number of halogens is 3. The summed E-state index contributed by atoms with van der Waals surface area (Å²) in [6.45, 7) is 6.46. The predicted molar refractivity (Wildman–Crippen MR) is 100 cm³/mol. The van der Waals surface area contributed by atoms with E-state index in [4.69, 9.17) is 0 Å². The molecule has 0 spiro atoms. The highest BCUT2D eigenvalue weighted by Gasteiger charge is 2.57. The summed E-state index contributed by atoms with van der Waals surface area (Å²) in [5, 5.41) is 0. The lowest BCUT2D eigenvalue weighted by molar-refractivity contribution is -0.0534. The van der Waals surface area contributed by atoms with Crippen LogP contribution in [0.4, 0.5) is 13.2 Å². The van der Waals surface area contributed by atoms with Crippen LogP contribution in [0.15, 0.2) is 35.1 Å². The Hall–Kier alpha value is -1.24. The van der Waals surface area contributed by atoms with Crippen LogP contribution < -0.4 is 0 Å². The molecular weight excluding hydrogens is 389 g/mol. The summed E-state index contributed by atoms with van der Waals surface area (Å²) in [4.78, 5) is 0. The molecule has 7 heteroatoms. The topological polar surface area (TPSA) is 43.4 Å². The Morgan fingerprint density at radius 2 is 1.86 bits per heavy atom. The second kappa shape index (κ2) is 6.13. The lowest BCUT2D eigenvalue weighted by Crippen LogP contribution is -2.46. The fraction of sp³-hybridized carbons (Fsp3) is 0.714. The Balaban J connectivity index is 1.62. The quantitative estimate of drug-likeness (QED) is 0.321. The molecule has 0 N–H and O–H groups in total. The smallest absolute Gasteiger partial charge is 0.380 e. The summed E-state index contributed by atoms with van der Waals surface area (Å²) >= 11 is 0. The Bertz CT molecular complexity index is 883. The summed E-state index contributed by atoms with van der Waals surface area (Å²) in [7, 11) is -5.65. The van der Waals surface area contributed by atoms with E-state index < -0.39 is 21.0 Å². The molecule has 2 fully saturated rings. The second-order valence-electron chi connectivity index (χ2n) is 9.45. The molecule has 0 radical (unpaired) electrons. The molecule has 0 bridgehead atoms. The zero-order valence-corrected chi connectivity index (χ0v) is 17.3. The Morgan fingerprint density at radius 1 is 1.14 bits per heavy atom. The van der Waals surface area contributed by atoms with Crippen LogP contribution >= 0.6 is 0 Å². The minimum atomic E-state index is -5.65. The van der Waals surface area contributed by atoms with Crippen molar-refractivity contribution in [1.82, 2.24) is 0 Å². The third-order valence-electron chi connectivity index (χ3n) is 7.81. The van der Waals surface area contributed by atoms with Crippen molar-refractivity contribution in [2.75, 3.05) is 0 Å². The van der Waals surface area contributed by atoms with Gasteiger partial charge in [0.1, 0.15) is 5.76 Å². The first-order valence-corrected chi connectivity index (χ1v) is 11.4. The van der Waals surface area contributed by atoms with Gasteiger partial charge < -0.3 is 4.18 Å². The zero-order chi connectivity index (χ0) is 20.5. The van der Waals surface area contributed by atoms with E-state index in [0.717, 1.165) is 31.3 Å². The first-order valence-electron chi connectivity index (χ1n) is 10.0. The average molecular weight is 417 g/mol. The van der Waals surface area contributed by atoms with Crippen molar-refractivity contribution in [3.8, 4) is 0 Å². The highest BCUT2D eigenvalue weighted by Crippen LogP contribution is 2.64. The van der Waals surface area contributed by atoms with Crippen molar-refractivity contribution in [3.63, 3.8) is 0 Å². The molecule has 0 aliphatic heterocycles. The molecule has 3 nitrogen and oxygen atoms in total. The van der Waals surface area contributed by atoms with Crippen molar-refractivity contribution in [3.05, 3.63) is 35.1 Å². The number of fused-ring (bicyclic) bond motifs is 5. The van der Waals surface area contributed by atoms with Crippen LogP contribution in [0.5, 0.6) is 0 Å². The maximum absolute atomic E-state index is 12.8. The molecule has 0 amide bonds. The van der Waals surface area contributed by atoms with Crippen molar-refractivity contribution < 1.29 is 25.8 Å². The largest absolute Gasteiger partial charge is 0.534 e. The summed E-state index contributed by atoms with van der Waals surface area (Å²) in [5.74, 6) is 1.29. The van der Waals surface area contributed by atoms with Gasteiger partial charge in [-0.05, 0) is 74.7 Å². The number of hydrogen-bond donors (Lipinski definition) is 0. The van der Waals surface area contributed by atoms with Crippen LogP contribution in [0, 0.1) is 28.6 Å². The Morgan fingerprint density at radius 3 is 2.54 bits per heavy atom. The van der Waals surface area contributed by atoms with Crippen LogP contribution in [0.1, 0.15) is 59.3 Å². The van der Waals surface area contributed by atoms with E-state index in [1.165, 1.54) is 12.5 Å². The van der Waals surface area contributed by atoms with E-state index in [0.29, 0.717) is 18.3 Å². The molecule has 156 valence electrons. The minimum Gasteiger partial charge on any atom is -0.380 e. The first kappa shape index (κ1) is 20.0. The molecule has 0 saturated heterocycles. The van der Waals surface area contributed by atoms with Crippen LogP contribution in [0.25, 0.3) is 0 Å². The van der Waals surface area contributed by atoms with E-state index in [2.05, 4.69) is 24.1 Å². The molecule has 2 saturated carbocycles. The normalized spacial score (nSPS) is 40.5. The highest BCUT2D eigenvalue weighted by molar-refractivity contribution is 7.87. The van der Waals surface area contributed by atoms with Crippen LogP contribution in [0.2, 0.25) is 0 Å². The number of rotatable bonds is 2. The lowest BCUT2D eigenvalue weighted by atomic mass is 9.49. The summed E-state index contributed by atoms with van der Waals surface area (Å²) in [5.41, 5.74) is -3.48. The van der Waals surface area contributed by atoms with Gasteiger partial charge in [-0.25, -0.2) is 0 Å². The second-order valence-corrected chi connectivity index (χ2v) is 11.0. The Kier molecular flexibility index (Phi) is 4.39. The monoisotopic (exact) mass is 416 g/mol. The average Bonchev–Trinajstić information content (AvgIpc) is 2.91. The summed E-state index contributed by atoms with van der Waals surface area (Å²) in [6, 6.07) is 0. The molecule has 4 aliphatic carbocycles. The van der Waals surface area contributed by atoms with Gasteiger partial charge in [-0.3, -0.25) is 0 Å². The predicted octanol–water partition coefficient (Wildman–Crippen LogP) is 5.87.